The van der Waals surface area contributed by atoms with Crippen LogP contribution in [0.15, 0.2) is 85.1 Å². The molecule has 0 aromatic heterocycles. The SMILES string of the molecule is CC/C=C\C/C=C\C/C=C\C/C=C\C/C=C\CCCCCCCCCC(=O)OCC(COC(=O)CCCCCCC/C=C\CCCCC)OC(=O)CCCCCCC/C=C\CCCCCCCC. The van der Waals surface area contributed by atoms with Crippen LogP contribution in [0.25, 0.3) is 0 Å². The number of allylic oxidation sites excluding steroid dienone is 14. The lowest BCUT2D eigenvalue weighted by Gasteiger charge is -2.18. The number of rotatable bonds is 51. The van der Waals surface area contributed by atoms with Crippen molar-refractivity contribution in [3.8, 4) is 0 Å². The van der Waals surface area contributed by atoms with E-state index < -0.39 is 6.10 Å². The molecule has 0 saturated heterocycles. The van der Waals surface area contributed by atoms with Crippen molar-refractivity contribution >= 4 is 17.9 Å². The molecule has 390 valence electrons. The highest BCUT2D eigenvalue weighted by Gasteiger charge is 2.19. The normalized spacial score (nSPS) is 12.7. The molecule has 6 heteroatoms. The van der Waals surface area contributed by atoms with Crippen LogP contribution in [0, 0.1) is 0 Å². The van der Waals surface area contributed by atoms with Crippen LogP contribution >= 0.6 is 0 Å². The maximum atomic E-state index is 12.8. The molecule has 0 bridgehead atoms. The molecule has 0 N–H and O–H groups in total. The summed E-state index contributed by atoms with van der Waals surface area (Å²) < 4.78 is 16.8. The molecule has 0 aromatic carbocycles. The summed E-state index contributed by atoms with van der Waals surface area (Å²) in [5.41, 5.74) is 0. The number of esters is 3. The van der Waals surface area contributed by atoms with Gasteiger partial charge in [0.1, 0.15) is 13.2 Å². The van der Waals surface area contributed by atoms with E-state index in [1.807, 2.05) is 0 Å². The van der Waals surface area contributed by atoms with Crippen LogP contribution in [-0.4, -0.2) is 37.2 Å². The fourth-order valence-electron chi connectivity index (χ4n) is 7.81. The largest absolute Gasteiger partial charge is 0.462 e. The van der Waals surface area contributed by atoms with Crippen molar-refractivity contribution in [2.45, 2.75) is 277 Å². The minimum atomic E-state index is -0.789. The lowest BCUT2D eigenvalue weighted by Crippen LogP contribution is -2.30. The number of unbranched alkanes of at least 4 members (excludes halogenated alkanes) is 26. The maximum absolute atomic E-state index is 12.8. The van der Waals surface area contributed by atoms with Crippen molar-refractivity contribution < 1.29 is 28.6 Å². The Labute approximate surface area is 420 Å². The van der Waals surface area contributed by atoms with Crippen LogP contribution < -0.4 is 0 Å². The molecule has 0 spiro atoms. The van der Waals surface area contributed by atoms with E-state index in [2.05, 4.69) is 106 Å². The fourth-order valence-corrected chi connectivity index (χ4v) is 7.81. The van der Waals surface area contributed by atoms with Crippen LogP contribution in [0.2, 0.25) is 0 Å². The van der Waals surface area contributed by atoms with Crippen molar-refractivity contribution in [1.29, 1.82) is 0 Å². The second-order valence-electron chi connectivity index (χ2n) is 18.8. The van der Waals surface area contributed by atoms with Crippen molar-refractivity contribution in [3.05, 3.63) is 85.1 Å². The molecule has 0 aliphatic heterocycles. The quantitative estimate of drug-likeness (QED) is 0.0262. The van der Waals surface area contributed by atoms with E-state index in [4.69, 9.17) is 14.2 Å². The molecule has 68 heavy (non-hydrogen) atoms. The van der Waals surface area contributed by atoms with Gasteiger partial charge in [0.2, 0.25) is 0 Å². The first-order valence-corrected chi connectivity index (χ1v) is 28.6. The molecule has 6 nitrogen and oxygen atoms in total. The number of carbonyl (C=O) groups is 3. The molecule has 0 amide bonds. The Morgan fingerprint density at radius 1 is 0.309 bits per heavy atom. The highest BCUT2D eigenvalue weighted by atomic mass is 16.6. The molecule has 1 unspecified atom stereocenters. The molecule has 0 fully saturated rings. The Morgan fingerprint density at radius 3 is 0.941 bits per heavy atom. The van der Waals surface area contributed by atoms with E-state index in [0.29, 0.717) is 19.3 Å². The Hall–Kier alpha value is -3.41. The summed E-state index contributed by atoms with van der Waals surface area (Å²) in [6.45, 7) is 6.48. The molecule has 0 aromatic rings. The smallest absolute Gasteiger partial charge is 0.306 e. The molecular weight excluding hydrogens is 841 g/mol. The van der Waals surface area contributed by atoms with E-state index in [-0.39, 0.29) is 31.1 Å². The second kappa shape index (κ2) is 56.2. The van der Waals surface area contributed by atoms with Crippen molar-refractivity contribution in [2.24, 2.45) is 0 Å². The first-order chi connectivity index (χ1) is 33.5. The summed E-state index contributed by atoms with van der Waals surface area (Å²) in [6.07, 6.45) is 72.8. The Kier molecular flexibility index (Phi) is 53.4. The number of hydrogen-bond donors (Lipinski definition) is 0. The Balaban J connectivity index is 4.36. The van der Waals surface area contributed by atoms with Gasteiger partial charge in [0.25, 0.3) is 0 Å². The highest BCUT2D eigenvalue weighted by molar-refractivity contribution is 5.71. The van der Waals surface area contributed by atoms with E-state index in [9.17, 15) is 14.4 Å². The van der Waals surface area contributed by atoms with Gasteiger partial charge in [-0.15, -0.1) is 0 Å². The standard InChI is InChI=1S/C62H106O6/c1-4-7-10-13-16-19-22-25-27-28-29-30-31-32-33-34-36-37-40-43-46-49-52-55-61(64)67-58-59(57-66-60(63)54-51-48-45-42-39-24-21-18-15-12-9-6-3)68-62(65)56-53-50-47-44-41-38-35-26-23-20-17-14-11-8-5-2/h7,10,16,18-19,21,25-27,29-30,32-33,35,59H,4-6,8-9,11-15,17,20,22-24,28,31,34,36-58H2,1-3H3/b10-7-,19-16-,21-18-,27-25-,30-29-,33-32-,35-26-. The average molecular weight is 948 g/mol. The first-order valence-electron chi connectivity index (χ1n) is 28.6. The zero-order chi connectivity index (χ0) is 49.3. The molecule has 0 saturated carbocycles. The third-order valence-electron chi connectivity index (χ3n) is 12.1. The molecule has 1 atom stereocenters. The van der Waals surface area contributed by atoms with Crippen LogP contribution in [0.3, 0.4) is 0 Å². The van der Waals surface area contributed by atoms with E-state index >= 15 is 0 Å². The third-order valence-corrected chi connectivity index (χ3v) is 12.1. The molecule has 0 radical (unpaired) electrons. The van der Waals surface area contributed by atoms with Crippen LogP contribution in [0.4, 0.5) is 0 Å². The number of hydrogen-bond acceptors (Lipinski definition) is 6. The molecule has 0 rings (SSSR count). The van der Waals surface area contributed by atoms with Crippen LogP contribution in [-0.2, 0) is 28.6 Å². The van der Waals surface area contributed by atoms with Gasteiger partial charge >= 0.3 is 17.9 Å². The van der Waals surface area contributed by atoms with Crippen molar-refractivity contribution in [3.63, 3.8) is 0 Å². The van der Waals surface area contributed by atoms with Crippen molar-refractivity contribution in [1.82, 2.24) is 0 Å². The molecular formula is C62H106O6. The van der Waals surface area contributed by atoms with E-state index in [0.717, 1.165) is 116 Å². The van der Waals surface area contributed by atoms with Crippen molar-refractivity contribution in [2.75, 3.05) is 13.2 Å². The maximum Gasteiger partial charge on any atom is 0.306 e. The average Bonchev–Trinajstić information content (AvgIpc) is 3.34. The predicted molar refractivity (Wildman–Crippen MR) is 293 cm³/mol. The summed E-state index contributed by atoms with van der Waals surface area (Å²) in [7, 11) is 0. The van der Waals surface area contributed by atoms with Crippen LogP contribution in [0.5, 0.6) is 0 Å². The van der Waals surface area contributed by atoms with Gasteiger partial charge in [0, 0.05) is 19.3 Å². The summed E-state index contributed by atoms with van der Waals surface area (Å²) in [5.74, 6) is -0.911. The first kappa shape index (κ1) is 64.6. The van der Waals surface area contributed by atoms with E-state index in [1.165, 1.54) is 116 Å². The summed E-state index contributed by atoms with van der Waals surface area (Å²) >= 11 is 0. The predicted octanol–water partition coefficient (Wildman–Crippen LogP) is 19.2. The Bertz CT molecular complexity index is 1320. The van der Waals surface area contributed by atoms with Gasteiger partial charge in [0.05, 0.1) is 0 Å². The summed E-state index contributed by atoms with van der Waals surface area (Å²) in [6, 6.07) is 0. The highest BCUT2D eigenvalue weighted by Crippen LogP contribution is 2.14. The third kappa shape index (κ3) is 53.5. The van der Waals surface area contributed by atoms with Crippen LogP contribution in [0.1, 0.15) is 271 Å². The lowest BCUT2D eigenvalue weighted by atomic mass is 10.1. The minimum Gasteiger partial charge on any atom is -0.462 e. The van der Waals surface area contributed by atoms with Gasteiger partial charge in [-0.1, -0.05) is 221 Å². The monoisotopic (exact) mass is 947 g/mol. The minimum absolute atomic E-state index is 0.0874. The second-order valence-corrected chi connectivity index (χ2v) is 18.8. The summed E-state index contributed by atoms with van der Waals surface area (Å²) in [4.78, 5) is 38.1. The van der Waals surface area contributed by atoms with Gasteiger partial charge in [-0.2, -0.15) is 0 Å². The zero-order valence-electron chi connectivity index (χ0n) is 44.6. The molecule has 0 aliphatic rings. The zero-order valence-corrected chi connectivity index (χ0v) is 44.6. The van der Waals surface area contributed by atoms with Gasteiger partial charge in [-0.25, -0.2) is 0 Å². The van der Waals surface area contributed by atoms with Gasteiger partial charge < -0.3 is 14.2 Å². The topological polar surface area (TPSA) is 78.9 Å². The summed E-state index contributed by atoms with van der Waals surface area (Å²) in [5, 5.41) is 0. The van der Waals surface area contributed by atoms with Gasteiger partial charge in [-0.05, 0) is 116 Å². The number of ether oxygens (including phenoxy) is 3. The van der Waals surface area contributed by atoms with Gasteiger partial charge in [0.15, 0.2) is 6.10 Å². The lowest BCUT2D eigenvalue weighted by molar-refractivity contribution is -0.167. The van der Waals surface area contributed by atoms with E-state index in [1.54, 1.807) is 0 Å². The van der Waals surface area contributed by atoms with Gasteiger partial charge in [-0.3, -0.25) is 14.4 Å². The number of carbonyl (C=O) groups excluding carboxylic acids is 3. The Morgan fingerprint density at radius 2 is 0.574 bits per heavy atom. The fraction of sp³-hybridized carbons (Fsp3) is 0.726. The molecule has 0 aliphatic carbocycles. The molecule has 0 heterocycles.